The van der Waals surface area contributed by atoms with Crippen LogP contribution in [0.2, 0.25) is 5.02 Å². The lowest BCUT2D eigenvalue weighted by Crippen LogP contribution is -2.00. The smallest absolute Gasteiger partial charge is 0.161 e. The molecule has 0 saturated carbocycles. The predicted octanol–water partition coefficient (Wildman–Crippen LogP) is 6.69. The number of aliphatic imine (C=N–C) groups is 1. The maximum Gasteiger partial charge on any atom is 0.161 e. The van der Waals surface area contributed by atoms with Gasteiger partial charge in [0.2, 0.25) is 0 Å². The Hall–Kier alpha value is -2.78. The molecular formula is C24H24ClNO2. The van der Waals surface area contributed by atoms with Gasteiger partial charge in [0.15, 0.2) is 11.5 Å². The van der Waals surface area contributed by atoms with E-state index in [1.165, 1.54) is 11.1 Å². The predicted molar refractivity (Wildman–Crippen MR) is 117 cm³/mol. The number of hydrogen-bond acceptors (Lipinski definition) is 3. The Morgan fingerprint density at radius 3 is 2.46 bits per heavy atom. The van der Waals surface area contributed by atoms with E-state index in [1.54, 1.807) is 0 Å². The molecule has 0 heterocycles. The summed E-state index contributed by atoms with van der Waals surface area (Å²) in [6.07, 6.45) is 1.85. The fourth-order valence-corrected chi connectivity index (χ4v) is 2.88. The van der Waals surface area contributed by atoms with Gasteiger partial charge in [0, 0.05) is 11.2 Å². The van der Waals surface area contributed by atoms with Crippen LogP contribution in [-0.2, 0) is 6.61 Å². The first-order valence-corrected chi connectivity index (χ1v) is 9.69. The van der Waals surface area contributed by atoms with Gasteiger partial charge in [-0.3, -0.25) is 4.99 Å². The van der Waals surface area contributed by atoms with Gasteiger partial charge in [0.05, 0.1) is 12.3 Å². The monoisotopic (exact) mass is 393 g/mol. The summed E-state index contributed by atoms with van der Waals surface area (Å²) in [6.45, 7) is 7.15. The Kier molecular flexibility index (Phi) is 6.72. The first kappa shape index (κ1) is 20.0. The van der Waals surface area contributed by atoms with Crippen LogP contribution in [0.15, 0.2) is 65.7 Å². The van der Waals surface area contributed by atoms with Gasteiger partial charge in [0.25, 0.3) is 0 Å². The highest BCUT2D eigenvalue weighted by molar-refractivity contribution is 6.30. The van der Waals surface area contributed by atoms with E-state index in [0.717, 1.165) is 16.8 Å². The van der Waals surface area contributed by atoms with Gasteiger partial charge in [-0.05, 0) is 79.4 Å². The van der Waals surface area contributed by atoms with Crippen molar-refractivity contribution in [2.75, 3.05) is 6.61 Å². The van der Waals surface area contributed by atoms with Crippen LogP contribution in [0.1, 0.15) is 29.2 Å². The van der Waals surface area contributed by atoms with E-state index in [-0.39, 0.29) is 0 Å². The molecule has 0 unspecified atom stereocenters. The third kappa shape index (κ3) is 5.14. The molecule has 0 aliphatic carbocycles. The molecule has 0 spiro atoms. The summed E-state index contributed by atoms with van der Waals surface area (Å²) in [6, 6.07) is 19.6. The molecule has 0 amide bonds. The van der Waals surface area contributed by atoms with Crippen molar-refractivity contribution < 1.29 is 9.47 Å². The Bertz CT molecular complexity index is 965. The molecule has 0 aromatic heterocycles. The van der Waals surface area contributed by atoms with E-state index in [4.69, 9.17) is 21.1 Å². The summed E-state index contributed by atoms with van der Waals surface area (Å²) < 4.78 is 11.7. The maximum atomic E-state index is 5.96. The van der Waals surface area contributed by atoms with Crippen molar-refractivity contribution >= 4 is 23.5 Å². The molecule has 3 aromatic rings. The van der Waals surface area contributed by atoms with Crippen molar-refractivity contribution in [3.8, 4) is 11.5 Å². The second kappa shape index (κ2) is 9.43. The van der Waals surface area contributed by atoms with Crippen LogP contribution in [-0.4, -0.2) is 12.8 Å². The quantitative estimate of drug-likeness (QED) is 0.419. The number of ether oxygens (including phenoxy) is 2. The first-order valence-electron chi connectivity index (χ1n) is 9.31. The molecule has 3 rings (SSSR count). The number of nitrogens with zero attached hydrogens (tertiary/aromatic N) is 1. The highest BCUT2D eigenvalue weighted by atomic mass is 35.5. The summed E-state index contributed by atoms with van der Waals surface area (Å²) in [5.41, 5.74) is 5.40. The third-order valence-corrected chi connectivity index (χ3v) is 4.76. The van der Waals surface area contributed by atoms with E-state index >= 15 is 0 Å². The van der Waals surface area contributed by atoms with Crippen LogP contribution in [0.25, 0.3) is 0 Å². The van der Waals surface area contributed by atoms with Crippen molar-refractivity contribution in [1.29, 1.82) is 0 Å². The molecule has 3 aromatic carbocycles. The van der Waals surface area contributed by atoms with Gasteiger partial charge in [-0.15, -0.1) is 0 Å². The van der Waals surface area contributed by atoms with Crippen LogP contribution in [0.5, 0.6) is 11.5 Å². The highest BCUT2D eigenvalue weighted by Crippen LogP contribution is 2.29. The zero-order valence-electron chi connectivity index (χ0n) is 16.4. The van der Waals surface area contributed by atoms with Crippen LogP contribution in [0.4, 0.5) is 5.69 Å². The normalized spacial score (nSPS) is 11.0. The lowest BCUT2D eigenvalue weighted by atomic mass is 10.1. The average molecular weight is 394 g/mol. The van der Waals surface area contributed by atoms with E-state index in [0.29, 0.717) is 29.7 Å². The molecule has 0 N–H and O–H groups in total. The van der Waals surface area contributed by atoms with Gasteiger partial charge >= 0.3 is 0 Å². The van der Waals surface area contributed by atoms with Crippen LogP contribution < -0.4 is 9.47 Å². The molecule has 0 atom stereocenters. The average Bonchev–Trinajstić information content (AvgIpc) is 2.70. The van der Waals surface area contributed by atoms with Crippen molar-refractivity contribution in [3.63, 3.8) is 0 Å². The van der Waals surface area contributed by atoms with Gasteiger partial charge in [0.1, 0.15) is 6.61 Å². The Balaban J connectivity index is 1.77. The van der Waals surface area contributed by atoms with Crippen molar-refractivity contribution in [3.05, 3.63) is 87.9 Å². The molecule has 0 aliphatic rings. The molecule has 28 heavy (non-hydrogen) atoms. The van der Waals surface area contributed by atoms with Crippen molar-refractivity contribution in [2.24, 2.45) is 4.99 Å². The minimum atomic E-state index is 0.452. The number of aryl methyl sites for hydroxylation is 1. The molecule has 3 nitrogen and oxygen atoms in total. The molecule has 4 heteroatoms. The summed E-state index contributed by atoms with van der Waals surface area (Å²) in [7, 11) is 0. The van der Waals surface area contributed by atoms with Gasteiger partial charge < -0.3 is 9.47 Å². The summed E-state index contributed by atoms with van der Waals surface area (Å²) >= 11 is 5.93. The van der Waals surface area contributed by atoms with Gasteiger partial charge in [-0.25, -0.2) is 0 Å². The van der Waals surface area contributed by atoms with Gasteiger partial charge in [-0.1, -0.05) is 35.9 Å². The number of benzene rings is 3. The molecule has 0 aliphatic heterocycles. The second-order valence-corrected chi connectivity index (χ2v) is 6.97. The molecule has 0 bridgehead atoms. The maximum absolute atomic E-state index is 5.96. The SMILES string of the molecule is CCOc1cc(C=Nc2cccc(C)c2C)ccc1OCc1ccc(Cl)cc1. The number of hydrogen-bond donors (Lipinski definition) is 0. The zero-order chi connectivity index (χ0) is 19.9. The standard InChI is InChI=1S/C24H24ClNO2/c1-4-27-24-14-20(15-26-22-7-5-6-17(2)18(22)3)10-13-23(24)28-16-19-8-11-21(25)12-9-19/h5-15H,4,16H2,1-3H3. The second-order valence-electron chi connectivity index (χ2n) is 6.53. The molecule has 144 valence electrons. The first-order chi connectivity index (χ1) is 13.6. The summed E-state index contributed by atoms with van der Waals surface area (Å²) in [5.74, 6) is 1.42. The molecule has 0 radical (unpaired) electrons. The third-order valence-electron chi connectivity index (χ3n) is 4.50. The van der Waals surface area contributed by atoms with Crippen molar-refractivity contribution in [1.82, 2.24) is 0 Å². The Labute approximate surface area is 171 Å². The van der Waals surface area contributed by atoms with Crippen LogP contribution in [0.3, 0.4) is 0 Å². The summed E-state index contributed by atoms with van der Waals surface area (Å²) in [5, 5.41) is 0.714. The Morgan fingerprint density at radius 1 is 0.929 bits per heavy atom. The van der Waals surface area contributed by atoms with E-state index in [1.807, 2.05) is 67.7 Å². The minimum Gasteiger partial charge on any atom is -0.490 e. The minimum absolute atomic E-state index is 0.452. The molecular weight excluding hydrogens is 370 g/mol. The molecule has 0 saturated heterocycles. The Morgan fingerprint density at radius 2 is 1.71 bits per heavy atom. The highest BCUT2D eigenvalue weighted by Gasteiger charge is 2.07. The van der Waals surface area contributed by atoms with Crippen LogP contribution >= 0.6 is 11.6 Å². The fraction of sp³-hybridized carbons (Fsp3) is 0.208. The topological polar surface area (TPSA) is 30.8 Å². The van der Waals surface area contributed by atoms with Crippen molar-refractivity contribution in [2.45, 2.75) is 27.4 Å². The summed E-state index contributed by atoms with van der Waals surface area (Å²) in [4.78, 5) is 4.64. The van der Waals surface area contributed by atoms with E-state index in [9.17, 15) is 0 Å². The fourth-order valence-electron chi connectivity index (χ4n) is 2.75. The van der Waals surface area contributed by atoms with E-state index in [2.05, 4.69) is 24.9 Å². The van der Waals surface area contributed by atoms with Crippen LogP contribution in [0, 0.1) is 13.8 Å². The zero-order valence-corrected chi connectivity index (χ0v) is 17.2. The largest absolute Gasteiger partial charge is 0.490 e. The number of halogens is 1. The van der Waals surface area contributed by atoms with E-state index < -0.39 is 0 Å². The molecule has 0 fully saturated rings. The lowest BCUT2D eigenvalue weighted by molar-refractivity contribution is 0.269. The number of rotatable bonds is 7. The van der Waals surface area contributed by atoms with Gasteiger partial charge in [-0.2, -0.15) is 0 Å². The lowest BCUT2D eigenvalue weighted by Gasteiger charge is -2.13.